The van der Waals surface area contributed by atoms with Crippen LogP contribution in [-0.2, 0) is 11.3 Å². The van der Waals surface area contributed by atoms with Crippen molar-refractivity contribution >= 4 is 5.91 Å². The van der Waals surface area contributed by atoms with Gasteiger partial charge in [0.05, 0.1) is 11.7 Å². The summed E-state index contributed by atoms with van der Waals surface area (Å²) in [6.45, 7) is 6.58. The number of benzene rings is 1. The number of carbonyl (C=O) groups is 1. The molecule has 1 aromatic carbocycles. The zero-order valence-corrected chi connectivity index (χ0v) is 14.9. The molecule has 3 rings (SSSR count). The Morgan fingerprint density at radius 1 is 1.16 bits per heavy atom. The van der Waals surface area contributed by atoms with Crippen LogP contribution >= 0.6 is 0 Å². The van der Waals surface area contributed by atoms with Gasteiger partial charge in [-0.25, -0.2) is 0 Å². The molecule has 2 aromatic heterocycles. The van der Waals surface area contributed by atoms with E-state index in [0.29, 0.717) is 13.0 Å². The van der Waals surface area contributed by atoms with E-state index in [0.717, 1.165) is 22.6 Å². The quantitative estimate of drug-likeness (QED) is 0.748. The van der Waals surface area contributed by atoms with E-state index in [1.54, 1.807) is 0 Å². The first-order valence-corrected chi connectivity index (χ1v) is 8.56. The Bertz CT molecular complexity index is 831. The summed E-state index contributed by atoms with van der Waals surface area (Å²) in [5.74, 6) is 0.0366. The predicted molar refractivity (Wildman–Crippen MR) is 98.6 cm³/mol. The summed E-state index contributed by atoms with van der Waals surface area (Å²) in [6, 6.07) is 14.2. The van der Waals surface area contributed by atoms with E-state index in [1.165, 1.54) is 0 Å². The minimum absolute atomic E-state index is 0.0216. The minimum Gasteiger partial charge on any atom is -0.350 e. The first-order chi connectivity index (χ1) is 12.0. The van der Waals surface area contributed by atoms with Crippen LogP contribution < -0.4 is 5.32 Å². The second-order valence-electron chi connectivity index (χ2n) is 6.37. The first kappa shape index (κ1) is 17.0. The van der Waals surface area contributed by atoms with Crippen molar-refractivity contribution in [3.63, 3.8) is 0 Å². The van der Waals surface area contributed by atoms with Crippen LogP contribution in [0, 0.1) is 13.8 Å². The molecule has 0 saturated heterocycles. The van der Waals surface area contributed by atoms with Gasteiger partial charge in [0, 0.05) is 36.7 Å². The number of nitrogens with one attached hydrogen (secondary N) is 1. The lowest BCUT2D eigenvalue weighted by Gasteiger charge is -2.15. The van der Waals surface area contributed by atoms with Gasteiger partial charge >= 0.3 is 0 Å². The number of nitrogens with zero attached hydrogens (tertiary/aromatic N) is 3. The van der Waals surface area contributed by atoms with Crippen molar-refractivity contribution < 1.29 is 4.79 Å². The fourth-order valence-corrected chi connectivity index (χ4v) is 2.95. The highest BCUT2D eigenvalue weighted by molar-refractivity contribution is 5.76. The molecule has 0 aliphatic rings. The van der Waals surface area contributed by atoms with Gasteiger partial charge in [0.15, 0.2) is 0 Å². The van der Waals surface area contributed by atoms with Crippen molar-refractivity contribution in [2.24, 2.45) is 0 Å². The van der Waals surface area contributed by atoms with E-state index in [4.69, 9.17) is 0 Å². The van der Waals surface area contributed by atoms with Crippen LogP contribution in [-0.4, -0.2) is 20.3 Å². The van der Waals surface area contributed by atoms with Gasteiger partial charge in [-0.1, -0.05) is 12.1 Å². The van der Waals surface area contributed by atoms with E-state index in [-0.39, 0.29) is 11.9 Å². The molecule has 0 fully saturated rings. The SMILES string of the molecule is Cc1cc(C)n(CCC(=O)NC(C)c2ccc(-n3cccc3)cc2)n1. The second kappa shape index (κ2) is 7.38. The third-order valence-electron chi connectivity index (χ3n) is 4.33. The molecule has 1 atom stereocenters. The number of carbonyl (C=O) groups excluding carboxylic acids is 1. The molecule has 5 heteroatoms. The topological polar surface area (TPSA) is 51.9 Å². The molecule has 1 unspecified atom stereocenters. The Kier molecular flexibility index (Phi) is 5.03. The Hall–Kier alpha value is -2.82. The molecule has 0 aliphatic heterocycles. The summed E-state index contributed by atoms with van der Waals surface area (Å²) in [7, 11) is 0. The molecule has 5 nitrogen and oxygen atoms in total. The zero-order chi connectivity index (χ0) is 17.8. The number of rotatable bonds is 6. The summed E-state index contributed by atoms with van der Waals surface area (Å²) in [5, 5.41) is 7.45. The van der Waals surface area contributed by atoms with Crippen LogP contribution in [0.5, 0.6) is 0 Å². The summed E-state index contributed by atoms with van der Waals surface area (Å²) < 4.78 is 3.94. The number of amides is 1. The minimum atomic E-state index is -0.0216. The van der Waals surface area contributed by atoms with Crippen LogP contribution in [0.15, 0.2) is 54.9 Å². The van der Waals surface area contributed by atoms with Crippen LogP contribution in [0.4, 0.5) is 0 Å². The van der Waals surface area contributed by atoms with Crippen molar-refractivity contribution in [1.29, 1.82) is 0 Å². The van der Waals surface area contributed by atoms with E-state index >= 15 is 0 Å². The molecule has 0 spiro atoms. The molecule has 0 bridgehead atoms. The number of hydrogen-bond acceptors (Lipinski definition) is 2. The third-order valence-corrected chi connectivity index (χ3v) is 4.33. The highest BCUT2D eigenvalue weighted by Crippen LogP contribution is 2.16. The normalized spacial score (nSPS) is 12.1. The Morgan fingerprint density at radius 2 is 1.84 bits per heavy atom. The fraction of sp³-hybridized carbons (Fsp3) is 0.300. The maximum absolute atomic E-state index is 12.2. The second-order valence-corrected chi connectivity index (χ2v) is 6.37. The van der Waals surface area contributed by atoms with E-state index in [2.05, 4.69) is 39.2 Å². The monoisotopic (exact) mass is 336 g/mol. The lowest BCUT2D eigenvalue weighted by Crippen LogP contribution is -2.27. The van der Waals surface area contributed by atoms with Gasteiger partial charge in [-0.2, -0.15) is 5.10 Å². The van der Waals surface area contributed by atoms with Crippen LogP contribution in [0.2, 0.25) is 0 Å². The van der Waals surface area contributed by atoms with Gasteiger partial charge in [-0.05, 0) is 56.7 Å². The molecular formula is C20H24N4O. The molecule has 3 aromatic rings. The average molecular weight is 336 g/mol. The van der Waals surface area contributed by atoms with Gasteiger partial charge in [0.2, 0.25) is 5.91 Å². The van der Waals surface area contributed by atoms with Crippen molar-refractivity contribution in [2.45, 2.75) is 39.8 Å². The predicted octanol–water partition coefficient (Wildman–Crippen LogP) is 3.56. The van der Waals surface area contributed by atoms with Gasteiger partial charge in [-0.15, -0.1) is 0 Å². The van der Waals surface area contributed by atoms with Crippen LogP contribution in [0.3, 0.4) is 0 Å². The molecule has 0 saturated carbocycles. The number of hydrogen-bond donors (Lipinski definition) is 1. The first-order valence-electron chi connectivity index (χ1n) is 8.56. The van der Waals surface area contributed by atoms with Gasteiger partial charge in [0.25, 0.3) is 0 Å². The molecule has 2 heterocycles. The Morgan fingerprint density at radius 3 is 2.44 bits per heavy atom. The largest absolute Gasteiger partial charge is 0.350 e. The maximum Gasteiger partial charge on any atom is 0.222 e. The molecule has 0 radical (unpaired) electrons. The summed E-state index contributed by atoms with van der Waals surface area (Å²) in [6.07, 6.45) is 4.45. The summed E-state index contributed by atoms with van der Waals surface area (Å²) >= 11 is 0. The maximum atomic E-state index is 12.2. The van der Waals surface area contributed by atoms with E-state index in [9.17, 15) is 4.79 Å². The van der Waals surface area contributed by atoms with Crippen molar-refractivity contribution in [1.82, 2.24) is 19.7 Å². The molecule has 1 amide bonds. The van der Waals surface area contributed by atoms with Crippen LogP contribution in [0.1, 0.15) is 36.3 Å². The van der Waals surface area contributed by atoms with Gasteiger partial charge in [-0.3, -0.25) is 9.48 Å². The number of aryl methyl sites for hydroxylation is 3. The highest BCUT2D eigenvalue weighted by atomic mass is 16.1. The lowest BCUT2D eigenvalue weighted by atomic mass is 10.1. The zero-order valence-electron chi connectivity index (χ0n) is 14.9. The molecule has 0 aliphatic carbocycles. The van der Waals surface area contributed by atoms with Crippen molar-refractivity contribution in [3.8, 4) is 5.69 Å². The van der Waals surface area contributed by atoms with Crippen LogP contribution in [0.25, 0.3) is 5.69 Å². The molecule has 1 N–H and O–H groups in total. The Balaban J connectivity index is 1.55. The lowest BCUT2D eigenvalue weighted by molar-refractivity contribution is -0.122. The number of aromatic nitrogens is 3. The molecule has 130 valence electrons. The van der Waals surface area contributed by atoms with Gasteiger partial charge in [0.1, 0.15) is 0 Å². The fourth-order valence-electron chi connectivity index (χ4n) is 2.95. The average Bonchev–Trinajstić information content (AvgIpc) is 3.23. The van der Waals surface area contributed by atoms with Crippen molar-refractivity contribution in [2.75, 3.05) is 0 Å². The smallest absolute Gasteiger partial charge is 0.222 e. The molecular weight excluding hydrogens is 312 g/mol. The van der Waals surface area contributed by atoms with Crippen molar-refractivity contribution in [3.05, 3.63) is 71.8 Å². The van der Waals surface area contributed by atoms with E-state index in [1.807, 2.05) is 56.0 Å². The summed E-state index contributed by atoms with van der Waals surface area (Å²) in [5.41, 5.74) is 4.26. The standard InChI is InChI=1S/C20H24N4O/c1-15-14-16(2)24(22-15)13-10-20(25)21-17(3)18-6-8-19(9-7-18)23-11-4-5-12-23/h4-9,11-12,14,17H,10,13H2,1-3H3,(H,21,25). The highest BCUT2D eigenvalue weighted by Gasteiger charge is 2.11. The third kappa shape index (κ3) is 4.18. The van der Waals surface area contributed by atoms with E-state index < -0.39 is 0 Å². The molecule has 25 heavy (non-hydrogen) atoms. The Labute approximate surface area is 148 Å². The summed E-state index contributed by atoms with van der Waals surface area (Å²) in [4.78, 5) is 12.2. The van der Waals surface area contributed by atoms with Gasteiger partial charge < -0.3 is 9.88 Å².